The maximum atomic E-state index is 14.8. The first-order valence-electron chi connectivity index (χ1n) is 11.7. The van der Waals surface area contributed by atoms with Gasteiger partial charge in [0.25, 0.3) is 0 Å². The van der Waals surface area contributed by atoms with Gasteiger partial charge in [-0.1, -0.05) is 62.6 Å². The van der Waals surface area contributed by atoms with Gasteiger partial charge in [0, 0.05) is 17.0 Å². The van der Waals surface area contributed by atoms with Gasteiger partial charge in [-0.3, -0.25) is 0 Å². The molecule has 4 rings (SSSR count). The van der Waals surface area contributed by atoms with Crippen LogP contribution in [0.15, 0.2) is 54.6 Å². The third kappa shape index (κ3) is 5.50. The van der Waals surface area contributed by atoms with Gasteiger partial charge in [-0.25, -0.2) is 17.6 Å². The smallest absolute Gasteiger partial charge is 0.183 e. The molecular weight excluding hydrogens is 444 g/mol. The molecule has 0 unspecified atom stereocenters. The molecule has 0 atom stereocenters. The van der Waals surface area contributed by atoms with Crippen molar-refractivity contribution in [3.05, 3.63) is 83.2 Å². The molecule has 0 spiro atoms. The summed E-state index contributed by atoms with van der Waals surface area (Å²) >= 11 is 0. The Bertz CT molecular complexity index is 1080. The molecule has 6 heteroatoms. The van der Waals surface area contributed by atoms with E-state index in [1.165, 1.54) is 31.4 Å². The fraction of sp³-hybridized carbons (Fsp3) is 0.357. The number of rotatable bonds is 8. The van der Waals surface area contributed by atoms with E-state index < -0.39 is 36.0 Å². The van der Waals surface area contributed by atoms with E-state index in [1.807, 2.05) is 24.3 Å². The maximum absolute atomic E-state index is 14.8. The molecule has 0 aromatic heterocycles. The Hall–Kier alpha value is -2.70. The third-order valence-corrected chi connectivity index (χ3v) is 6.25. The summed E-state index contributed by atoms with van der Waals surface area (Å²) in [4.78, 5) is 0. The SMILES string of the molecule is CCCCCC1COC(c2ccc(-c3ccc(-c4cc(F)c(CF)c(F)c4)c(F)c3)cc2)OC1. The molecule has 0 saturated carbocycles. The van der Waals surface area contributed by atoms with Crippen molar-refractivity contribution in [2.45, 2.75) is 45.6 Å². The normalized spacial score (nSPS) is 18.3. The van der Waals surface area contributed by atoms with Crippen LogP contribution in [0.25, 0.3) is 22.3 Å². The summed E-state index contributed by atoms with van der Waals surface area (Å²) in [5.41, 5.74) is 1.71. The lowest BCUT2D eigenvalue weighted by atomic mass is 9.98. The van der Waals surface area contributed by atoms with Crippen molar-refractivity contribution in [1.82, 2.24) is 0 Å². The lowest BCUT2D eigenvalue weighted by Crippen LogP contribution is -2.27. The molecule has 1 fully saturated rings. The molecule has 0 radical (unpaired) electrons. The topological polar surface area (TPSA) is 18.5 Å². The van der Waals surface area contributed by atoms with Crippen molar-refractivity contribution >= 4 is 0 Å². The van der Waals surface area contributed by atoms with E-state index in [1.54, 1.807) is 6.07 Å². The van der Waals surface area contributed by atoms with Gasteiger partial charge in [0.2, 0.25) is 0 Å². The van der Waals surface area contributed by atoms with Crippen LogP contribution in [-0.4, -0.2) is 13.2 Å². The fourth-order valence-corrected chi connectivity index (χ4v) is 4.23. The Morgan fingerprint density at radius 2 is 1.38 bits per heavy atom. The zero-order valence-electron chi connectivity index (χ0n) is 19.1. The van der Waals surface area contributed by atoms with Crippen LogP contribution in [0.3, 0.4) is 0 Å². The molecule has 1 heterocycles. The van der Waals surface area contributed by atoms with Crippen LogP contribution in [0.2, 0.25) is 0 Å². The Kier molecular flexibility index (Phi) is 8.01. The van der Waals surface area contributed by atoms with Crippen molar-refractivity contribution in [3.63, 3.8) is 0 Å². The minimum atomic E-state index is -1.26. The van der Waals surface area contributed by atoms with Crippen molar-refractivity contribution in [2.24, 2.45) is 5.92 Å². The summed E-state index contributed by atoms with van der Waals surface area (Å²) < 4.78 is 67.3. The quantitative estimate of drug-likeness (QED) is 0.243. The molecule has 34 heavy (non-hydrogen) atoms. The van der Waals surface area contributed by atoms with Crippen LogP contribution in [0.5, 0.6) is 0 Å². The molecule has 1 saturated heterocycles. The molecule has 0 aliphatic carbocycles. The van der Waals surface area contributed by atoms with Crippen molar-refractivity contribution < 1.29 is 27.0 Å². The number of halogens is 4. The van der Waals surface area contributed by atoms with E-state index in [4.69, 9.17) is 9.47 Å². The first-order valence-corrected chi connectivity index (χ1v) is 11.7. The molecule has 1 aliphatic rings. The third-order valence-electron chi connectivity index (χ3n) is 6.25. The Morgan fingerprint density at radius 3 is 1.97 bits per heavy atom. The highest BCUT2D eigenvalue weighted by atomic mass is 19.1. The van der Waals surface area contributed by atoms with Crippen LogP contribution >= 0.6 is 0 Å². The number of benzene rings is 3. The lowest BCUT2D eigenvalue weighted by Gasteiger charge is -2.29. The summed E-state index contributed by atoms with van der Waals surface area (Å²) in [7, 11) is 0. The van der Waals surface area contributed by atoms with E-state index in [-0.39, 0.29) is 11.1 Å². The zero-order valence-corrected chi connectivity index (χ0v) is 19.1. The Labute approximate surface area is 197 Å². The van der Waals surface area contributed by atoms with Crippen molar-refractivity contribution in [3.8, 4) is 22.3 Å². The first kappa shape index (κ1) is 24.4. The van der Waals surface area contributed by atoms with E-state index in [2.05, 4.69) is 6.92 Å². The number of hydrogen-bond donors (Lipinski definition) is 0. The van der Waals surface area contributed by atoms with Gasteiger partial charge >= 0.3 is 0 Å². The number of alkyl halides is 1. The zero-order chi connectivity index (χ0) is 24.1. The molecule has 1 aliphatic heterocycles. The number of unbranched alkanes of at least 4 members (excludes halogenated alkanes) is 2. The summed E-state index contributed by atoms with van der Waals surface area (Å²) in [6.07, 6.45) is 4.31. The van der Waals surface area contributed by atoms with Gasteiger partial charge in [0.1, 0.15) is 24.1 Å². The maximum Gasteiger partial charge on any atom is 0.183 e. The van der Waals surface area contributed by atoms with Gasteiger partial charge in [0.05, 0.1) is 18.8 Å². The van der Waals surface area contributed by atoms with Gasteiger partial charge in [-0.05, 0) is 41.3 Å². The van der Waals surface area contributed by atoms with Gasteiger partial charge in [0.15, 0.2) is 6.29 Å². The Morgan fingerprint density at radius 1 is 0.765 bits per heavy atom. The van der Waals surface area contributed by atoms with Crippen molar-refractivity contribution in [2.75, 3.05) is 13.2 Å². The highest BCUT2D eigenvalue weighted by Crippen LogP contribution is 2.32. The molecule has 0 amide bonds. The van der Waals surface area contributed by atoms with Crippen LogP contribution in [-0.2, 0) is 16.1 Å². The molecular formula is C28H28F4O2. The fourth-order valence-electron chi connectivity index (χ4n) is 4.23. The number of hydrogen-bond acceptors (Lipinski definition) is 2. The number of ether oxygens (including phenoxy) is 2. The van der Waals surface area contributed by atoms with E-state index in [9.17, 15) is 17.6 Å². The highest BCUT2D eigenvalue weighted by molar-refractivity contribution is 5.71. The van der Waals surface area contributed by atoms with Crippen LogP contribution in [0.1, 0.15) is 50.0 Å². The minimum absolute atomic E-state index is 0.0196. The molecule has 0 N–H and O–H groups in total. The highest BCUT2D eigenvalue weighted by Gasteiger charge is 2.23. The van der Waals surface area contributed by atoms with E-state index >= 15 is 0 Å². The summed E-state index contributed by atoms with van der Waals surface area (Å²) in [6.45, 7) is 2.28. The summed E-state index contributed by atoms with van der Waals surface area (Å²) in [5.74, 6) is -2.26. The largest absolute Gasteiger partial charge is 0.348 e. The van der Waals surface area contributed by atoms with E-state index in [0.29, 0.717) is 24.7 Å². The minimum Gasteiger partial charge on any atom is -0.348 e. The predicted octanol–water partition coefficient (Wildman–Crippen LogP) is 8.15. The van der Waals surface area contributed by atoms with Gasteiger partial charge < -0.3 is 9.47 Å². The molecule has 0 bridgehead atoms. The first-order chi connectivity index (χ1) is 16.5. The summed E-state index contributed by atoms with van der Waals surface area (Å²) in [6, 6.07) is 13.9. The average molecular weight is 473 g/mol. The average Bonchev–Trinajstić information content (AvgIpc) is 2.84. The van der Waals surface area contributed by atoms with Gasteiger partial charge in [-0.2, -0.15) is 0 Å². The molecule has 3 aromatic rings. The van der Waals surface area contributed by atoms with E-state index in [0.717, 1.165) is 29.7 Å². The standard InChI is InChI=1S/C28H28F4O2/c1-2-3-4-5-18-16-33-28(34-17-18)20-8-6-19(7-9-20)21-10-11-23(25(30)12-21)22-13-26(31)24(15-29)27(32)14-22/h6-14,18,28H,2-5,15-17H2,1H3. The molecule has 3 aromatic carbocycles. The molecule has 2 nitrogen and oxygen atoms in total. The molecule has 180 valence electrons. The van der Waals surface area contributed by atoms with Crippen LogP contribution < -0.4 is 0 Å². The summed E-state index contributed by atoms with van der Waals surface area (Å²) in [5, 5.41) is 0. The second-order valence-electron chi connectivity index (χ2n) is 8.73. The van der Waals surface area contributed by atoms with Crippen LogP contribution in [0.4, 0.5) is 17.6 Å². The monoisotopic (exact) mass is 472 g/mol. The van der Waals surface area contributed by atoms with Gasteiger partial charge in [-0.15, -0.1) is 0 Å². The second kappa shape index (κ2) is 11.2. The Balaban J connectivity index is 1.44. The van der Waals surface area contributed by atoms with Crippen molar-refractivity contribution in [1.29, 1.82) is 0 Å². The second-order valence-corrected chi connectivity index (χ2v) is 8.73. The lowest BCUT2D eigenvalue weighted by molar-refractivity contribution is -0.206. The predicted molar refractivity (Wildman–Crippen MR) is 124 cm³/mol. The van der Waals surface area contributed by atoms with Crippen LogP contribution in [0, 0.1) is 23.4 Å².